The fourth-order valence-corrected chi connectivity index (χ4v) is 4.58. The quantitative estimate of drug-likeness (QED) is 0.391. The summed E-state index contributed by atoms with van der Waals surface area (Å²) in [6.45, 7) is 3.01. The van der Waals surface area contributed by atoms with E-state index in [-0.39, 0.29) is 5.91 Å². The summed E-state index contributed by atoms with van der Waals surface area (Å²) in [6, 6.07) is 15.8. The van der Waals surface area contributed by atoms with Crippen LogP contribution < -0.4 is 20.1 Å². The molecule has 10 heteroatoms. The second-order valence-electron chi connectivity index (χ2n) is 8.72. The molecule has 1 atom stereocenters. The van der Waals surface area contributed by atoms with Crippen molar-refractivity contribution in [1.82, 2.24) is 19.7 Å². The van der Waals surface area contributed by atoms with Crippen molar-refractivity contribution in [2.24, 2.45) is 0 Å². The van der Waals surface area contributed by atoms with Gasteiger partial charge in [-0.25, -0.2) is 4.68 Å². The van der Waals surface area contributed by atoms with Crippen LogP contribution in [0.15, 0.2) is 78.3 Å². The molecule has 0 bridgehead atoms. The van der Waals surface area contributed by atoms with E-state index in [0.717, 1.165) is 17.5 Å². The summed E-state index contributed by atoms with van der Waals surface area (Å²) in [5.41, 5.74) is 3.45. The fraction of sp³-hybridized carbons (Fsp3) is 0.185. The Labute approximate surface area is 218 Å². The van der Waals surface area contributed by atoms with Crippen LogP contribution >= 0.6 is 11.6 Å². The molecule has 0 saturated carbocycles. The standard InChI is InChI=1S/C27H23ClN6O3/c1-16-23(26(35)31-20-6-4-19(28)5-7-20)24(18-3-8-21-22(15-18)37-14-2-13-36-21)34-27(30-16)32-25(33-34)17-9-11-29-12-10-17/h3-12,15,24H,2,13-14H2,1H3,(H,31,35)(H,30,32,33). The van der Waals surface area contributed by atoms with E-state index in [0.29, 0.717) is 58.5 Å². The van der Waals surface area contributed by atoms with Crippen molar-refractivity contribution >= 4 is 29.1 Å². The molecule has 0 fully saturated rings. The Bertz CT molecular complexity index is 1500. The summed E-state index contributed by atoms with van der Waals surface area (Å²) in [4.78, 5) is 22.5. The first-order valence-corrected chi connectivity index (χ1v) is 12.3. The van der Waals surface area contributed by atoms with Gasteiger partial charge in [-0.3, -0.25) is 9.78 Å². The average molecular weight is 515 g/mol. The lowest BCUT2D eigenvalue weighted by Crippen LogP contribution is -2.31. The van der Waals surface area contributed by atoms with Gasteiger partial charge in [0.2, 0.25) is 5.95 Å². The second kappa shape index (κ2) is 9.59. The maximum Gasteiger partial charge on any atom is 0.255 e. The predicted octanol–water partition coefficient (Wildman–Crippen LogP) is 5.08. The molecular formula is C27H23ClN6O3. The maximum atomic E-state index is 13.7. The topological polar surface area (TPSA) is 103 Å². The van der Waals surface area contributed by atoms with Crippen molar-refractivity contribution in [1.29, 1.82) is 0 Å². The van der Waals surface area contributed by atoms with E-state index in [2.05, 4.69) is 15.6 Å². The number of carbonyl (C=O) groups excluding carboxylic acids is 1. The summed E-state index contributed by atoms with van der Waals surface area (Å²) in [7, 11) is 0. The SMILES string of the molecule is CC1=C(C(=O)Nc2ccc(Cl)cc2)C(c2ccc3c(c2)OCCCO3)n2nc(-c3ccncc3)nc2N1. The highest BCUT2D eigenvalue weighted by atomic mass is 35.5. The van der Waals surface area contributed by atoms with Crippen molar-refractivity contribution in [3.8, 4) is 22.9 Å². The van der Waals surface area contributed by atoms with E-state index >= 15 is 0 Å². The summed E-state index contributed by atoms with van der Waals surface area (Å²) in [5, 5.41) is 11.7. The number of carbonyl (C=O) groups is 1. The number of pyridine rings is 1. The highest BCUT2D eigenvalue weighted by Gasteiger charge is 2.35. The van der Waals surface area contributed by atoms with Crippen LogP contribution in [0.5, 0.6) is 11.5 Å². The van der Waals surface area contributed by atoms with E-state index in [9.17, 15) is 4.79 Å². The Morgan fingerprint density at radius 3 is 2.59 bits per heavy atom. The van der Waals surface area contributed by atoms with Gasteiger partial charge in [-0.1, -0.05) is 17.7 Å². The Morgan fingerprint density at radius 1 is 1.05 bits per heavy atom. The average Bonchev–Trinajstić information content (AvgIpc) is 3.19. The number of benzene rings is 2. The molecule has 6 rings (SSSR count). The summed E-state index contributed by atoms with van der Waals surface area (Å²) < 4.78 is 13.5. The van der Waals surface area contributed by atoms with Crippen LogP contribution in [0.25, 0.3) is 11.4 Å². The largest absolute Gasteiger partial charge is 0.490 e. The van der Waals surface area contributed by atoms with Crippen molar-refractivity contribution in [3.05, 3.63) is 88.8 Å². The number of ether oxygens (including phenoxy) is 2. The van der Waals surface area contributed by atoms with E-state index in [1.165, 1.54) is 0 Å². The first-order valence-electron chi connectivity index (χ1n) is 11.9. The molecule has 2 aromatic heterocycles. The fourth-order valence-electron chi connectivity index (χ4n) is 4.46. The van der Waals surface area contributed by atoms with Gasteiger partial charge in [0.15, 0.2) is 17.3 Å². The first kappa shape index (κ1) is 23.1. The van der Waals surface area contributed by atoms with Crippen LogP contribution in [0.1, 0.15) is 24.9 Å². The molecule has 0 aliphatic carbocycles. The van der Waals surface area contributed by atoms with Gasteiger partial charge in [0.25, 0.3) is 5.91 Å². The van der Waals surface area contributed by atoms with Crippen LogP contribution in [-0.2, 0) is 4.79 Å². The third-order valence-corrected chi connectivity index (χ3v) is 6.48. The molecule has 0 spiro atoms. The molecule has 4 heterocycles. The lowest BCUT2D eigenvalue weighted by atomic mass is 9.94. The van der Waals surface area contributed by atoms with Gasteiger partial charge in [-0.2, -0.15) is 4.98 Å². The van der Waals surface area contributed by atoms with Crippen molar-refractivity contribution in [2.45, 2.75) is 19.4 Å². The minimum atomic E-state index is -0.566. The number of rotatable bonds is 4. The number of hydrogen-bond donors (Lipinski definition) is 2. The molecule has 2 aromatic carbocycles. The molecule has 2 aliphatic heterocycles. The number of anilines is 2. The number of halogens is 1. The van der Waals surface area contributed by atoms with Crippen molar-refractivity contribution in [2.75, 3.05) is 23.8 Å². The monoisotopic (exact) mass is 514 g/mol. The first-order chi connectivity index (χ1) is 18.1. The summed E-state index contributed by atoms with van der Waals surface area (Å²) in [5.74, 6) is 2.11. The lowest BCUT2D eigenvalue weighted by Gasteiger charge is -2.29. The molecular weight excluding hydrogens is 492 g/mol. The molecule has 4 aromatic rings. The van der Waals surface area contributed by atoms with Crippen LogP contribution in [0.4, 0.5) is 11.6 Å². The van der Waals surface area contributed by atoms with Gasteiger partial charge in [0.1, 0.15) is 6.04 Å². The number of nitrogens with zero attached hydrogens (tertiary/aromatic N) is 4. The second-order valence-corrected chi connectivity index (χ2v) is 9.16. The molecule has 1 amide bonds. The molecule has 186 valence electrons. The Morgan fingerprint density at radius 2 is 1.81 bits per heavy atom. The third kappa shape index (κ3) is 4.49. The Balaban J connectivity index is 1.45. The number of allylic oxidation sites excluding steroid dienone is 1. The molecule has 0 saturated heterocycles. The number of hydrogen-bond acceptors (Lipinski definition) is 7. The van der Waals surface area contributed by atoms with Crippen LogP contribution in [0, 0.1) is 0 Å². The molecule has 9 nitrogen and oxygen atoms in total. The third-order valence-electron chi connectivity index (χ3n) is 6.23. The molecule has 0 radical (unpaired) electrons. The van der Waals surface area contributed by atoms with Gasteiger partial charge < -0.3 is 20.1 Å². The molecule has 37 heavy (non-hydrogen) atoms. The van der Waals surface area contributed by atoms with E-state index in [1.807, 2.05) is 37.3 Å². The van der Waals surface area contributed by atoms with Gasteiger partial charge in [0, 0.05) is 40.8 Å². The lowest BCUT2D eigenvalue weighted by molar-refractivity contribution is -0.113. The minimum Gasteiger partial charge on any atom is -0.490 e. The molecule has 2 aliphatic rings. The van der Waals surface area contributed by atoms with Gasteiger partial charge >= 0.3 is 0 Å². The Hall–Kier alpha value is -4.37. The number of nitrogens with one attached hydrogen (secondary N) is 2. The molecule has 1 unspecified atom stereocenters. The van der Waals surface area contributed by atoms with Crippen LogP contribution in [-0.4, -0.2) is 38.9 Å². The number of amides is 1. The Kier molecular flexibility index (Phi) is 5.97. The van der Waals surface area contributed by atoms with Crippen molar-refractivity contribution in [3.63, 3.8) is 0 Å². The smallest absolute Gasteiger partial charge is 0.255 e. The van der Waals surface area contributed by atoms with Gasteiger partial charge in [-0.15, -0.1) is 5.10 Å². The van der Waals surface area contributed by atoms with E-state index in [4.69, 9.17) is 31.2 Å². The zero-order chi connectivity index (χ0) is 25.4. The zero-order valence-electron chi connectivity index (χ0n) is 19.9. The highest BCUT2D eigenvalue weighted by molar-refractivity contribution is 6.30. The number of fused-ring (bicyclic) bond motifs is 2. The van der Waals surface area contributed by atoms with Gasteiger partial charge in [0.05, 0.1) is 18.8 Å². The highest BCUT2D eigenvalue weighted by Crippen LogP contribution is 2.40. The summed E-state index contributed by atoms with van der Waals surface area (Å²) >= 11 is 6.03. The zero-order valence-corrected chi connectivity index (χ0v) is 20.7. The molecule has 2 N–H and O–H groups in total. The normalized spacial score (nSPS) is 16.4. The van der Waals surface area contributed by atoms with Gasteiger partial charge in [-0.05, 0) is 61.0 Å². The summed E-state index contributed by atoms with van der Waals surface area (Å²) in [6.07, 6.45) is 4.19. The predicted molar refractivity (Wildman–Crippen MR) is 140 cm³/mol. The van der Waals surface area contributed by atoms with E-state index < -0.39 is 6.04 Å². The van der Waals surface area contributed by atoms with Crippen LogP contribution in [0.2, 0.25) is 5.02 Å². The van der Waals surface area contributed by atoms with Crippen LogP contribution in [0.3, 0.4) is 0 Å². The van der Waals surface area contributed by atoms with E-state index in [1.54, 1.807) is 41.3 Å². The maximum absolute atomic E-state index is 13.7. The number of aromatic nitrogens is 4. The minimum absolute atomic E-state index is 0.268. The van der Waals surface area contributed by atoms with Crippen molar-refractivity contribution < 1.29 is 14.3 Å².